The van der Waals surface area contributed by atoms with Gasteiger partial charge in [-0.25, -0.2) is 9.37 Å². The Balaban J connectivity index is 1.58. The summed E-state index contributed by atoms with van der Waals surface area (Å²) >= 11 is 0. The molecule has 122 valence electrons. The predicted octanol–water partition coefficient (Wildman–Crippen LogP) is 4.36. The Hall–Kier alpha value is -2.95. The summed E-state index contributed by atoms with van der Waals surface area (Å²) in [6.45, 7) is 1.75. The van der Waals surface area contributed by atoms with E-state index in [-0.39, 0.29) is 18.1 Å². The maximum absolute atomic E-state index is 13.1. The lowest BCUT2D eigenvalue weighted by Gasteiger charge is -2.07. The van der Waals surface area contributed by atoms with Crippen molar-refractivity contribution in [3.63, 3.8) is 0 Å². The summed E-state index contributed by atoms with van der Waals surface area (Å²) in [6, 6.07) is 13.9. The van der Waals surface area contributed by atoms with E-state index in [2.05, 4.69) is 10.3 Å². The number of aryl methyl sites for hydroxylation is 2. The molecule has 0 atom stereocenters. The van der Waals surface area contributed by atoms with Crippen LogP contribution in [0.15, 0.2) is 59.1 Å². The van der Waals surface area contributed by atoms with Crippen LogP contribution in [0.4, 0.5) is 10.1 Å². The fraction of sp³-hybridized carbons (Fsp3) is 0.158. The van der Waals surface area contributed by atoms with Crippen LogP contribution < -0.4 is 5.32 Å². The van der Waals surface area contributed by atoms with Gasteiger partial charge in [-0.2, -0.15) is 0 Å². The lowest BCUT2D eigenvalue weighted by Crippen LogP contribution is -2.13. The molecule has 0 bridgehead atoms. The first kappa shape index (κ1) is 15.9. The highest BCUT2D eigenvalue weighted by molar-refractivity contribution is 5.91. The molecule has 0 fully saturated rings. The summed E-state index contributed by atoms with van der Waals surface area (Å²) in [6.07, 6.45) is 2.30. The van der Waals surface area contributed by atoms with Gasteiger partial charge in [0.05, 0.1) is 6.20 Å². The second-order valence-corrected chi connectivity index (χ2v) is 5.49. The first-order valence-electron chi connectivity index (χ1n) is 7.68. The van der Waals surface area contributed by atoms with Gasteiger partial charge in [-0.05, 0) is 30.7 Å². The van der Waals surface area contributed by atoms with Crippen molar-refractivity contribution >= 4 is 11.6 Å². The Labute approximate surface area is 139 Å². The number of amides is 1. The monoisotopic (exact) mass is 324 g/mol. The van der Waals surface area contributed by atoms with E-state index in [1.54, 1.807) is 19.2 Å². The fourth-order valence-electron chi connectivity index (χ4n) is 2.36. The third-order valence-electron chi connectivity index (χ3n) is 3.64. The summed E-state index contributed by atoms with van der Waals surface area (Å²) in [5.74, 6) is 0.711. The van der Waals surface area contributed by atoms with Crippen molar-refractivity contribution in [3.05, 3.63) is 72.0 Å². The van der Waals surface area contributed by atoms with Gasteiger partial charge in [-0.15, -0.1) is 0 Å². The molecule has 24 heavy (non-hydrogen) atoms. The number of rotatable bonds is 5. The summed E-state index contributed by atoms with van der Waals surface area (Å²) in [4.78, 5) is 16.2. The van der Waals surface area contributed by atoms with E-state index in [0.29, 0.717) is 29.3 Å². The van der Waals surface area contributed by atoms with E-state index in [0.717, 1.165) is 5.56 Å². The van der Waals surface area contributed by atoms with Gasteiger partial charge in [-0.1, -0.05) is 30.3 Å². The zero-order chi connectivity index (χ0) is 16.9. The van der Waals surface area contributed by atoms with Crippen molar-refractivity contribution in [2.45, 2.75) is 19.8 Å². The van der Waals surface area contributed by atoms with Gasteiger partial charge in [-0.3, -0.25) is 4.79 Å². The molecule has 3 rings (SSSR count). The number of carbonyl (C=O) groups excluding carboxylic acids is 1. The number of hydrogen-bond acceptors (Lipinski definition) is 3. The zero-order valence-corrected chi connectivity index (χ0v) is 13.3. The highest BCUT2D eigenvalue weighted by atomic mass is 19.1. The van der Waals surface area contributed by atoms with Crippen molar-refractivity contribution in [2.75, 3.05) is 5.32 Å². The molecule has 0 aliphatic heterocycles. The molecule has 0 saturated heterocycles. The molecule has 4 nitrogen and oxygen atoms in total. The smallest absolute Gasteiger partial charge is 0.224 e. The van der Waals surface area contributed by atoms with Crippen molar-refractivity contribution in [3.8, 4) is 11.3 Å². The minimum absolute atomic E-state index is 0.163. The summed E-state index contributed by atoms with van der Waals surface area (Å²) in [7, 11) is 0. The molecule has 0 aliphatic carbocycles. The quantitative estimate of drug-likeness (QED) is 0.758. The normalized spacial score (nSPS) is 10.6. The minimum atomic E-state index is -0.321. The number of hydrogen-bond donors (Lipinski definition) is 1. The Morgan fingerprint density at radius 1 is 1.21 bits per heavy atom. The SMILES string of the molecule is Cc1cc(F)ccc1NC(=O)CCc1ncc(-c2ccccc2)o1. The van der Waals surface area contributed by atoms with Crippen molar-refractivity contribution < 1.29 is 13.6 Å². The summed E-state index contributed by atoms with van der Waals surface area (Å²) in [5.41, 5.74) is 2.24. The number of nitrogens with one attached hydrogen (secondary N) is 1. The van der Waals surface area contributed by atoms with Gasteiger partial charge >= 0.3 is 0 Å². The van der Waals surface area contributed by atoms with Crippen LogP contribution in [0.2, 0.25) is 0 Å². The number of benzene rings is 2. The van der Waals surface area contributed by atoms with E-state index in [1.165, 1.54) is 12.1 Å². The van der Waals surface area contributed by atoms with E-state index >= 15 is 0 Å². The van der Waals surface area contributed by atoms with Gasteiger partial charge in [0.25, 0.3) is 0 Å². The Morgan fingerprint density at radius 3 is 2.75 bits per heavy atom. The van der Waals surface area contributed by atoms with Crippen molar-refractivity contribution in [1.82, 2.24) is 4.98 Å². The second-order valence-electron chi connectivity index (χ2n) is 5.49. The topological polar surface area (TPSA) is 55.1 Å². The lowest BCUT2D eigenvalue weighted by atomic mass is 10.2. The molecule has 0 saturated carbocycles. The molecular weight excluding hydrogens is 307 g/mol. The fourth-order valence-corrected chi connectivity index (χ4v) is 2.36. The highest BCUT2D eigenvalue weighted by Gasteiger charge is 2.10. The molecule has 5 heteroatoms. The number of nitrogens with zero attached hydrogens (tertiary/aromatic N) is 1. The van der Waals surface area contributed by atoms with Gasteiger partial charge in [0.1, 0.15) is 5.82 Å². The van der Waals surface area contributed by atoms with Crippen LogP contribution in [0.5, 0.6) is 0 Å². The molecule has 0 aliphatic rings. The molecule has 0 spiro atoms. The van der Waals surface area contributed by atoms with Gasteiger partial charge in [0, 0.05) is 24.1 Å². The number of oxazole rings is 1. The highest BCUT2D eigenvalue weighted by Crippen LogP contribution is 2.20. The largest absolute Gasteiger partial charge is 0.441 e. The lowest BCUT2D eigenvalue weighted by molar-refractivity contribution is -0.116. The summed E-state index contributed by atoms with van der Waals surface area (Å²) in [5, 5.41) is 2.77. The van der Waals surface area contributed by atoms with Crippen LogP contribution in [-0.2, 0) is 11.2 Å². The van der Waals surface area contributed by atoms with Crippen molar-refractivity contribution in [2.24, 2.45) is 0 Å². The Morgan fingerprint density at radius 2 is 2.00 bits per heavy atom. The average molecular weight is 324 g/mol. The van der Waals surface area contributed by atoms with Gasteiger partial charge in [0.15, 0.2) is 11.7 Å². The van der Waals surface area contributed by atoms with Crippen LogP contribution in [0.3, 0.4) is 0 Å². The molecule has 0 radical (unpaired) electrons. The van der Waals surface area contributed by atoms with E-state index in [4.69, 9.17) is 4.42 Å². The van der Waals surface area contributed by atoms with E-state index in [1.807, 2.05) is 30.3 Å². The van der Waals surface area contributed by atoms with Crippen LogP contribution in [0, 0.1) is 12.7 Å². The molecule has 2 aromatic carbocycles. The molecule has 1 amide bonds. The third kappa shape index (κ3) is 3.87. The maximum atomic E-state index is 13.1. The number of carbonyl (C=O) groups is 1. The maximum Gasteiger partial charge on any atom is 0.224 e. The first-order valence-corrected chi connectivity index (χ1v) is 7.68. The molecule has 0 unspecified atom stereocenters. The van der Waals surface area contributed by atoms with Crippen molar-refractivity contribution in [1.29, 1.82) is 0 Å². The average Bonchev–Trinajstić information content (AvgIpc) is 3.05. The van der Waals surface area contributed by atoms with Crippen LogP contribution in [-0.4, -0.2) is 10.9 Å². The van der Waals surface area contributed by atoms with Crippen LogP contribution in [0.25, 0.3) is 11.3 Å². The van der Waals surface area contributed by atoms with Crippen LogP contribution in [0.1, 0.15) is 17.9 Å². The van der Waals surface area contributed by atoms with Crippen LogP contribution >= 0.6 is 0 Å². The molecule has 3 aromatic rings. The second kappa shape index (κ2) is 7.08. The minimum Gasteiger partial charge on any atom is -0.441 e. The standard InChI is InChI=1S/C19H17FN2O2/c1-13-11-15(20)7-8-16(13)22-18(23)9-10-19-21-12-17(24-19)14-5-3-2-4-6-14/h2-8,11-12H,9-10H2,1H3,(H,22,23). The summed E-state index contributed by atoms with van der Waals surface area (Å²) < 4.78 is 18.7. The zero-order valence-electron chi connectivity index (χ0n) is 13.3. The van der Waals surface area contributed by atoms with Gasteiger partial charge in [0.2, 0.25) is 5.91 Å². The Kier molecular flexibility index (Phi) is 4.70. The van der Waals surface area contributed by atoms with Gasteiger partial charge < -0.3 is 9.73 Å². The molecule has 1 heterocycles. The number of aromatic nitrogens is 1. The van der Waals surface area contributed by atoms with E-state index < -0.39 is 0 Å². The molecular formula is C19H17FN2O2. The molecule has 1 aromatic heterocycles. The predicted molar refractivity (Wildman–Crippen MR) is 90.0 cm³/mol. The number of halogens is 1. The Bertz CT molecular complexity index is 844. The third-order valence-corrected chi connectivity index (χ3v) is 3.64. The van der Waals surface area contributed by atoms with E-state index in [9.17, 15) is 9.18 Å². The number of anilines is 1. The molecule has 1 N–H and O–H groups in total. The first-order chi connectivity index (χ1) is 11.6.